The molecular formula is C21H27ClFN4O8P. The Morgan fingerprint density at radius 1 is 1.36 bits per heavy atom. The predicted octanol–water partition coefficient (Wildman–Crippen LogP) is 2.12. The summed E-state index contributed by atoms with van der Waals surface area (Å²) in [6.45, 7) is 3.98. The Hall–Kier alpha value is -2.54. The van der Waals surface area contributed by atoms with Gasteiger partial charge in [-0.1, -0.05) is 29.8 Å². The fourth-order valence-corrected chi connectivity index (χ4v) is 5.02. The quantitative estimate of drug-likeness (QED) is 0.226. The number of aliphatic hydroxyl groups is 1. The molecular weight excluding hydrogens is 522 g/mol. The molecule has 1 aromatic carbocycles. The topological polar surface area (TPSA) is 164 Å². The number of nitrogens with zero attached hydrogens (tertiary/aromatic N) is 2. The van der Waals surface area contributed by atoms with Crippen LogP contribution in [0, 0.1) is 0 Å². The van der Waals surface area contributed by atoms with Gasteiger partial charge in [0, 0.05) is 6.20 Å². The molecule has 12 nitrogen and oxygen atoms in total. The van der Waals surface area contributed by atoms with Crippen molar-refractivity contribution in [3.8, 4) is 5.75 Å². The molecule has 3 rings (SSSR count). The molecule has 1 fully saturated rings. The molecule has 15 heteroatoms. The fourth-order valence-electron chi connectivity index (χ4n) is 3.22. The molecule has 2 heterocycles. The Labute approximate surface area is 211 Å². The van der Waals surface area contributed by atoms with E-state index < -0.39 is 61.7 Å². The number of anilines is 1. The van der Waals surface area contributed by atoms with Gasteiger partial charge in [0.25, 0.3) is 5.13 Å². The zero-order chi connectivity index (χ0) is 26.7. The second-order valence-corrected chi connectivity index (χ2v) is 10.5. The Bertz CT molecular complexity index is 1170. The van der Waals surface area contributed by atoms with Gasteiger partial charge in [-0.2, -0.15) is 10.1 Å². The average molecular weight is 549 g/mol. The number of carbonyl (C=O) groups excluding carboxylic acids is 1. The number of hydrogen-bond acceptors (Lipinski definition) is 10. The van der Waals surface area contributed by atoms with Gasteiger partial charge in [-0.15, -0.1) is 0 Å². The molecule has 2 aromatic rings. The van der Waals surface area contributed by atoms with Gasteiger partial charge >= 0.3 is 19.4 Å². The lowest BCUT2D eigenvalue weighted by Crippen LogP contribution is -2.41. The number of esters is 1. The van der Waals surface area contributed by atoms with Gasteiger partial charge in [-0.25, -0.2) is 13.8 Å². The Morgan fingerprint density at radius 3 is 2.64 bits per heavy atom. The van der Waals surface area contributed by atoms with Crippen molar-refractivity contribution in [3.63, 3.8) is 0 Å². The van der Waals surface area contributed by atoms with Crippen LogP contribution in [0.25, 0.3) is 0 Å². The van der Waals surface area contributed by atoms with Crippen LogP contribution < -0.4 is 21.0 Å². The fraction of sp³-hybridized carbons (Fsp3) is 0.476. The Morgan fingerprint density at radius 2 is 2.03 bits per heavy atom. The first kappa shape index (κ1) is 28.0. The van der Waals surface area contributed by atoms with Gasteiger partial charge in [0.2, 0.25) is 0 Å². The molecule has 1 saturated heterocycles. The summed E-state index contributed by atoms with van der Waals surface area (Å²) in [5.41, 5.74) is 4.48. The van der Waals surface area contributed by atoms with Gasteiger partial charge in [-0.05, 0) is 39.0 Å². The SMILES string of the molecule is CC(C)OC(=O)[C@H](C)N[P@@](=O)(OC[C@H]1O[C@@H](n2ccc(N)nc2=O)[C@](F)(Cl)[C@@H]1O)Oc1ccccc1. The van der Waals surface area contributed by atoms with Crippen molar-refractivity contribution in [1.29, 1.82) is 0 Å². The number of carbonyl (C=O) groups is 1. The maximum Gasteiger partial charge on any atom is 0.459 e. The number of hydrogen-bond donors (Lipinski definition) is 3. The number of nitrogens with two attached hydrogens (primary N) is 1. The van der Waals surface area contributed by atoms with Crippen molar-refractivity contribution in [2.45, 2.75) is 56.5 Å². The summed E-state index contributed by atoms with van der Waals surface area (Å²) >= 11 is 5.89. The standard InChI is InChI=1S/C21H27ClFN4O8P/c1-12(2)33-18(29)13(3)26-36(31,35-14-7-5-4-6-8-14)32-11-15-17(28)21(22,23)19(34-15)27-10-9-16(24)25-20(27)30/h4-10,12-13,15,17,19,28H,11H2,1-3H3,(H,26,31)(H2,24,25,30)/t13-,15+,17+,19+,21-,36+/m0/s1. The maximum absolute atomic E-state index is 15.2. The van der Waals surface area contributed by atoms with Crippen molar-refractivity contribution in [1.82, 2.24) is 14.6 Å². The lowest BCUT2D eigenvalue weighted by molar-refractivity contribution is -0.149. The van der Waals surface area contributed by atoms with Gasteiger partial charge in [-0.3, -0.25) is 13.9 Å². The van der Waals surface area contributed by atoms with Crippen LogP contribution in [0.15, 0.2) is 47.4 Å². The zero-order valence-corrected chi connectivity index (χ0v) is 21.3. The molecule has 0 unspecified atom stereocenters. The maximum atomic E-state index is 15.2. The number of alkyl halides is 2. The van der Waals surface area contributed by atoms with Crippen molar-refractivity contribution >= 4 is 31.1 Å². The second kappa shape index (κ2) is 11.2. The van der Waals surface area contributed by atoms with Crippen LogP contribution in [0.4, 0.5) is 10.2 Å². The largest absolute Gasteiger partial charge is 0.462 e. The second-order valence-electron chi connectivity index (χ2n) is 8.22. The first-order chi connectivity index (χ1) is 16.8. The summed E-state index contributed by atoms with van der Waals surface area (Å²) in [5, 5.41) is 9.94. The lowest BCUT2D eigenvalue weighted by Gasteiger charge is -2.25. The highest BCUT2D eigenvalue weighted by Crippen LogP contribution is 2.48. The number of rotatable bonds is 10. The molecule has 0 aliphatic carbocycles. The number of nitrogens with one attached hydrogen (secondary N) is 1. The smallest absolute Gasteiger partial charge is 0.459 e. The summed E-state index contributed by atoms with van der Waals surface area (Å²) < 4.78 is 51.0. The number of aliphatic hydroxyl groups excluding tert-OH is 1. The molecule has 4 N–H and O–H groups in total. The van der Waals surface area contributed by atoms with Gasteiger partial charge < -0.3 is 24.8 Å². The van der Waals surface area contributed by atoms with Crippen molar-refractivity contribution in [2.24, 2.45) is 0 Å². The lowest BCUT2D eigenvalue weighted by atomic mass is 10.1. The van der Waals surface area contributed by atoms with Crippen LogP contribution in [0.2, 0.25) is 0 Å². The number of halogens is 2. The van der Waals surface area contributed by atoms with Crippen LogP contribution in [-0.2, 0) is 23.4 Å². The Kier molecular flexibility index (Phi) is 8.75. The number of para-hydroxylation sites is 1. The molecule has 0 amide bonds. The molecule has 198 valence electrons. The predicted molar refractivity (Wildman–Crippen MR) is 127 cm³/mol. The normalized spacial score (nSPS) is 26.4. The van der Waals surface area contributed by atoms with Crippen LogP contribution >= 0.6 is 19.3 Å². The van der Waals surface area contributed by atoms with E-state index in [4.69, 9.17) is 35.9 Å². The van der Waals surface area contributed by atoms with Crippen molar-refractivity contribution < 1.29 is 37.4 Å². The molecule has 0 bridgehead atoms. The molecule has 36 heavy (non-hydrogen) atoms. The van der Waals surface area contributed by atoms with Crippen molar-refractivity contribution in [3.05, 3.63) is 53.1 Å². The third kappa shape index (κ3) is 6.61. The van der Waals surface area contributed by atoms with E-state index in [9.17, 15) is 19.3 Å². The van der Waals surface area contributed by atoms with Crippen molar-refractivity contribution in [2.75, 3.05) is 12.3 Å². The minimum absolute atomic E-state index is 0.108. The first-order valence-electron chi connectivity index (χ1n) is 10.9. The molecule has 0 spiro atoms. The summed E-state index contributed by atoms with van der Waals surface area (Å²) in [6.07, 6.45) is -4.62. The highest BCUT2D eigenvalue weighted by molar-refractivity contribution is 7.52. The summed E-state index contributed by atoms with van der Waals surface area (Å²) in [7, 11) is -4.33. The third-order valence-corrected chi connectivity index (χ3v) is 6.97. The first-order valence-corrected chi connectivity index (χ1v) is 12.8. The monoisotopic (exact) mass is 548 g/mol. The average Bonchev–Trinajstić information content (AvgIpc) is 3.01. The number of aromatic nitrogens is 2. The minimum atomic E-state index is -4.33. The molecule has 1 aliphatic rings. The number of nitrogen functional groups attached to an aromatic ring is 1. The molecule has 6 atom stereocenters. The van der Waals surface area contributed by atoms with Crippen LogP contribution in [0.3, 0.4) is 0 Å². The molecule has 0 radical (unpaired) electrons. The number of ether oxygens (including phenoxy) is 2. The Balaban J connectivity index is 1.79. The molecule has 0 saturated carbocycles. The summed E-state index contributed by atoms with van der Waals surface area (Å²) in [6, 6.07) is 8.03. The van der Waals surface area contributed by atoms with E-state index in [-0.39, 0.29) is 11.6 Å². The van der Waals surface area contributed by atoms with Gasteiger partial charge in [0.05, 0.1) is 12.7 Å². The van der Waals surface area contributed by atoms with Crippen LogP contribution in [0.5, 0.6) is 5.75 Å². The minimum Gasteiger partial charge on any atom is -0.462 e. The van der Waals surface area contributed by atoms with Crippen LogP contribution in [0.1, 0.15) is 27.0 Å². The highest BCUT2D eigenvalue weighted by Gasteiger charge is 2.58. The van der Waals surface area contributed by atoms with E-state index in [2.05, 4.69) is 10.1 Å². The van der Waals surface area contributed by atoms with E-state index >= 15 is 4.39 Å². The zero-order valence-electron chi connectivity index (χ0n) is 19.6. The molecule has 1 aromatic heterocycles. The molecule has 1 aliphatic heterocycles. The highest BCUT2D eigenvalue weighted by atomic mass is 35.5. The summed E-state index contributed by atoms with van der Waals surface area (Å²) in [5.74, 6) is -0.689. The van der Waals surface area contributed by atoms with E-state index in [1.807, 2.05) is 0 Å². The van der Waals surface area contributed by atoms with Gasteiger partial charge in [0.15, 0.2) is 6.23 Å². The van der Waals surface area contributed by atoms with Gasteiger partial charge in [0.1, 0.15) is 29.8 Å². The van der Waals surface area contributed by atoms with Crippen LogP contribution in [-0.4, -0.2) is 56.7 Å². The third-order valence-electron chi connectivity index (χ3n) is 4.92. The van der Waals surface area contributed by atoms with E-state index in [1.54, 1.807) is 32.0 Å². The van der Waals surface area contributed by atoms with E-state index in [0.717, 1.165) is 10.8 Å². The van der Waals surface area contributed by atoms with E-state index in [0.29, 0.717) is 0 Å². The van der Waals surface area contributed by atoms with E-state index in [1.165, 1.54) is 25.1 Å². The number of benzene rings is 1. The summed E-state index contributed by atoms with van der Waals surface area (Å²) in [4.78, 5) is 27.9.